The van der Waals surface area contributed by atoms with Crippen LogP contribution < -0.4 is 4.74 Å². The standard InChI is InChI=1S/C15H11BrCl2O3/c16-10-7-11(17)14(12(18)8-10)21-13(15(19)20)6-9-4-2-1-3-5-9/h1-5,7-8,13H,6H2,(H,19,20)/t13-/m1/s1. The monoisotopic (exact) mass is 388 g/mol. The molecule has 0 aliphatic heterocycles. The van der Waals surface area contributed by atoms with Crippen LogP contribution in [0.2, 0.25) is 10.0 Å². The molecular formula is C15H11BrCl2O3. The Morgan fingerprint density at radius 1 is 1.19 bits per heavy atom. The molecule has 1 N–H and O–H groups in total. The molecule has 0 saturated heterocycles. The highest BCUT2D eigenvalue weighted by molar-refractivity contribution is 9.10. The molecule has 0 heterocycles. The van der Waals surface area contributed by atoms with Crippen molar-refractivity contribution in [3.8, 4) is 5.75 Å². The number of carboxylic acid groups (broad SMARTS) is 1. The topological polar surface area (TPSA) is 46.5 Å². The lowest BCUT2D eigenvalue weighted by Crippen LogP contribution is -2.29. The molecule has 0 unspecified atom stereocenters. The van der Waals surface area contributed by atoms with Crippen LogP contribution in [0.5, 0.6) is 5.75 Å². The molecule has 110 valence electrons. The van der Waals surface area contributed by atoms with Gasteiger partial charge in [0.05, 0.1) is 10.0 Å². The van der Waals surface area contributed by atoms with Crippen LogP contribution in [0, 0.1) is 0 Å². The van der Waals surface area contributed by atoms with Gasteiger partial charge in [0.1, 0.15) is 0 Å². The predicted molar refractivity (Wildman–Crippen MR) is 86.4 cm³/mol. The molecule has 0 aliphatic rings. The summed E-state index contributed by atoms with van der Waals surface area (Å²) in [7, 11) is 0. The van der Waals surface area contributed by atoms with Crippen molar-refractivity contribution in [1.29, 1.82) is 0 Å². The molecule has 21 heavy (non-hydrogen) atoms. The third-order valence-electron chi connectivity index (χ3n) is 2.76. The molecule has 0 bridgehead atoms. The molecule has 2 aromatic carbocycles. The van der Waals surface area contributed by atoms with Gasteiger partial charge < -0.3 is 9.84 Å². The van der Waals surface area contributed by atoms with E-state index in [4.69, 9.17) is 27.9 Å². The predicted octanol–water partition coefficient (Wildman–Crippen LogP) is 4.83. The summed E-state index contributed by atoms with van der Waals surface area (Å²) < 4.78 is 6.21. The Labute approximate surface area is 140 Å². The minimum atomic E-state index is -1.08. The highest BCUT2D eigenvalue weighted by atomic mass is 79.9. The summed E-state index contributed by atoms with van der Waals surface area (Å²) in [5, 5.41) is 9.83. The number of benzene rings is 2. The molecule has 0 spiro atoms. The molecule has 0 fully saturated rings. The normalized spacial score (nSPS) is 12.0. The Morgan fingerprint density at radius 3 is 2.29 bits per heavy atom. The van der Waals surface area contributed by atoms with E-state index in [0.717, 1.165) is 5.56 Å². The molecular weight excluding hydrogens is 379 g/mol. The highest BCUT2D eigenvalue weighted by Gasteiger charge is 2.22. The number of carbonyl (C=O) groups is 1. The lowest BCUT2D eigenvalue weighted by molar-refractivity contribution is -0.145. The minimum Gasteiger partial charge on any atom is -0.478 e. The molecule has 1 atom stereocenters. The molecule has 0 aliphatic carbocycles. The van der Waals surface area contributed by atoms with Crippen LogP contribution >= 0.6 is 39.1 Å². The van der Waals surface area contributed by atoms with Crippen molar-refractivity contribution in [3.05, 3.63) is 62.5 Å². The summed E-state index contributed by atoms with van der Waals surface area (Å²) in [6.07, 6.45) is -0.845. The van der Waals surface area contributed by atoms with Crippen LogP contribution in [0.3, 0.4) is 0 Å². The lowest BCUT2D eigenvalue weighted by Gasteiger charge is -2.17. The van der Waals surface area contributed by atoms with Crippen molar-refractivity contribution < 1.29 is 14.6 Å². The van der Waals surface area contributed by atoms with E-state index < -0.39 is 12.1 Å². The van der Waals surface area contributed by atoms with Gasteiger partial charge in [-0.25, -0.2) is 4.79 Å². The van der Waals surface area contributed by atoms with Crippen molar-refractivity contribution >= 4 is 45.1 Å². The Hall–Kier alpha value is -1.23. The van der Waals surface area contributed by atoms with E-state index in [2.05, 4.69) is 15.9 Å². The van der Waals surface area contributed by atoms with Crippen molar-refractivity contribution in [1.82, 2.24) is 0 Å². The number of hydrogen-bond acceptors (Lipinski definition) is 2. The minimum absolute atomic E-state index is 0.171. The zero-order valence-corrected chi connectivity index (χ0v) is 13.8. The maximum absolute atomic E-state index is 11.4. The molecule has 0 radical (unpaired) electrons. The van der Waals surface area contributed by atoms with Crippen LogP contribution in [0.15, 0.2) is 46.9 Å². The van der Waals surface area contributed by atoms with Crippen LogP contribution in [-0.2, 0) is 11.2 Å². The highest BCUT2D eigenvalue weighted by Crippen LogP contribution is 2.36. The number of ether oxygens (including phenoxy) is 1. The SMILES string of the molecule is O=C(O)[C@@H](Cc1ccccc1)Oc1c(Cl)cc(Br)cc1Cl. The largest absolute Gasteiger partial charge is 0.478 e. The van der Waals surface area contributed by atoms with Crippen LogP contribution in [0.25, 0.3) is 0 Å². The second-order valence-electron chi connectivity index (χ2n) is 4.33. The van der Waals surface area contributed by atoms with E-state index in [0.29, 0.717) is 4.47 Å². The smallest absolute Gasteiger partial charge is 0.345 e. The van der Waals surface area contributed by atoms with Crippen LogP contribution in [0.1, 0.15) is 5.56 Å². The van der Waals surface area contributed by atoms with E-state index >= 15 is 0 Å². The van der Waals surface area contributed by atoms with Crippen LogP contribution in [0.4, 0.5) is 0 Å². The summed E-state index contributed by atoms with van der Waals surface area (Å²) in [6, 6.07) is 12.4. The van der Waals surface area contributed by atoms with E-state index in [1.807, 2.05) is 30.3 Å². The number of halogens is 3. The van der Waals surface area contributed by atoms with E-state index in [1.54, 1.807) is 12.1 Å². The van der Waals surface area contributed by atoms with Gasteiger partial charge in [0, 0.05) is 10.9 Å². The van der Waals surface area contributed by atoms with Crippen LogP contribution in [-0.4, -0.2) is 17.2 Å². The maximum atomic E-state index is 11.4. The first-order valence-electron chi connectivity index (χ1n) is 6.05. The molecule has 0 amide bonds. The summed E-state index contributed by atoms with van der Waals surface area (Å²) in [4.78, 5) is 11.4. The second-order valence-corrected chi connectivity index (χ2v) is 6.06. The fourth-order valence-electron chi connectivity index (χ4n) is 1.79. The number of rotatable bonds is 5. The van der Waals surface area contributed by atoms with Gasteiger partial charge in [0.2, 0.25) is 0 Å². The van der Waals surface area contributed by atoms with Gasteiger partial charge in [0.15, 0.2) is 11.9 Å². The van der Waals surface area contributed by atoms with Gasteiger partial charge in [-0.3, -0.25) is 0 Å². The van der Waals surface area contributed by atoms with Gasteiger partial charge in [-0.1, -0.05) is 69.5 Å². The summed E-state index contributed by atoms with van der Waals surface area (Å²) >= 11 is 15.4. The molecule has 2 aromatic rings. The maximum Gasteiger partial charge on any atom is 0.345 e. The molecule has 0 aromatic heterocycles. The average Bonchev–Trinajstić information content (AvgIpc) is 2.42. The number of aliphatic carboxylic acids is 1. The third-order valence-corrected chi connectivity index (χ3v) is 3.78. The van der Waals surface area contributed by atoms with E-state index in [1.165, 1.54) is 0 Å². The van der Waals surface area contributed by atoms with Gasteiger partial charge in [0.25, 0.3) is 0 Å². The van der Waals surface area contributed by atoms with Crippen molar-refractivity contribution in [3.63, 3.8) is 0 Å². The molecule has 6 heteroatoms. The van der Waals surface area contributed by atoms with Gasteiger partial charge in [-0.15, -0.1) is 0 Å². The van der Waals surface area contributed by atoms with Gasteiger partial charge in [-0.2, -0.15) is 0 Å². The van der Waals surface area contributed by atoms with Crippen molar-refractivity contribution in [2.75, 3.05) is 0 Å². The van der Waals surface area contributed by atoms with Crippen molar-refractivity contribution in [2.24, 2.45) is 0 Å². The molecule has 0 saturated carbocycles. The molecule has 2 rings (SSSR count). The first-order chi connectivity index (χ1) is 9.97. The Bertz CT molecular complexity index is 624. The fraction of sp³-hybridized carbons (Fsp3) is 0.133. The Morgan fingerprint density at radius 2 is 1.76 bits per heavy atom. The second kappa shape index (κ2) is 7.16. The Balaban J connectivity index is 2.23. The van der Waals surface area contributed by atoms with Crippen molar-refractivity contribution in [2.45, 2.75) is 12.5 Å². The fourth-order valence-corrected chi connectivity index (χ4v) is 3.09. The zero-order chi connectivity index (χ0) is 15.4. The van der Waals surface area contributed by atoms with Gasteiger partial charge >= 0.3 is 5.97 Å². The average molecular weight is 390 g/mol. The first-order valence-corrected chi connectivity index (χ1v) is 7.60. The number of hydrogen-bond donors (Lipinski definition) is 1. The Kier molecular flexibility index (Phi) is 5.51. The lowest BCUT2D eigenvalue weighted by atomic mass is 10.1. The summed E-state index contributed by atoms with van der Waals surface area (Å²) in [5.41, 5.74) is 0.856. The number of carboxylic acids is 1. The summed E-state index contributed by atoms with van der Waals surface area (Å²) in [6.45, 7) is 0. The van der Waals surface area contributed by atoms with E-state index in [9.17, 15) is 9.90 Å². The quantitative estimate of drug-likeness (QED) is 0.796. The zero-order valence-electron chi connectivity index (χ0n) is 10.7. The van der Waals surface area contributed by atoms with E-state index in [-0.39, 0.29) is 22.2 Å². The first kappa shape index (κ1) is 16.1. The molecule has 3 nitrogen and oxygen atoms in total. The summed E-state index contributed by atoms with van der Waals surface area (Å²) in [5.74, 6) is -0.904. The third kappa shape index (κ3) is 4.37. The van der Waals surface area contributed by atoms with Gasteiger partial charge in [-0.05, 0) is 17.7 Å².